The molecular weight excluding hydrogens is 849 g/mol. The number of aliphatic hydroxyl groups is 1. The average molecular weight is 919 g/mol. The average Bonchev–Trinajstić information content (AvgIpc) is 3.74. The van der Waals surface area contributed by atoms with Crippen LogP contribution in [0.15, 0.2) is 34.3 Å². The van der Waals surface area contributed by atoms with E-state index < -0.39 is 89.8 Å². The highest BCUT2D eigenvalue weighted by Gasteiger charge is 2.41. The summed E-state index contributed by atoms with van der Waals surface area (Å²) >= 11 is 0. The Morgan fingerprint density at radius 3 is 1.72 bits per heavy atom. The summed E-state index contributed by atoms with van der Waals surface area (Å²) in [5.41, 5.74) is 33.8. The quantitative estimate of drug-likeness (QED) is 0.0217. The van der Waals surface area contributed by atoms with E-state index in [0.29, 0.717) is 24.8 Å². The molecule has 0 unspecified atom stereocenters. The van der Waals surface area contributed by atoms with Crippen molar-refractivity contribution in [2.45, 2.75) is 133 Å². The van der Waals surface area contributed by atoms with E-state index in [9.17, 15) is 48.9 Å². The molecule has 0 aliphatic carbocycles. The number of amides is 6. The zero-order chi connectivity index (χ0) is 48.8. The molecule has 0 bridgehead atoms. The first-order valence-electron chi connectivity index (χ1n) is 21.7. The third kappa shape index (κ3) is 19.2. The van der Waals surface area contributed by atoms with Gasteiger partial charge in [0.25, 0.3) is 0 Å². The predicted octanol–water partition coefficient (Wildman–Crippen LogP) is -3.97. The van der Waals surface area contributed by atoms with Gasteiger partial charge in [0.1, 0.15) is 42.0 Å². The number of carboxylic acids is 1. The van der Waals surface area contributed by atoms with Gasteiger partial charge < -0.3 is 81.2 Å². The van der Waals surface area contributed by atoms with Gasteiger partial charge in [-0.2, -0.15) is 0 Å². The molecule has 24 nitrogen and oxygen atoms in total. The number of carbonyl (C=O) groups excluding carboxylic acids is 6. The highest BCUT2D eigenvalue weighted by atomic mass is 16.4. The molecule has 0 radical (unpaired) electrons. The van der Waals surface area contributed by atoms with Crippen molar-refractivity contribution >= 4 is 53.3 Å². The molecule has 1 aliphatic heterocycles. The first-order chi connectivity index (χ1) is 30.7. The Labute approximate surface area is 378 Å². The Kier molecular flexibility index (Phi) is 23.5. The summed E-state index contributed by atoms with van der Waals surface area (Å²) in [6.45, 7) is 5.30. The first-order valence-corrected chi connectivity index (χ1v) is 21.7. The minimum Gasteiger partial charge on any atom is -0.508 e. The van der Waals surface area contributed by atoms with E-state index in [1.54, 1.807) is 13.8 Å². The summed E-state index contributed by atoms with van der Waals surface area (Å²) in [7, 11) is 0. The van der Waals surface area contributed by atoms with E-state index in [0.717, 1.165) is 0 Å². The second-order valence-electron chi connectivity index (χ2n) is 16.3. The van der Waals surface area contributed by atoms with Gasteiger partial charge in [0.15, 0.2) is 11.9 Å². The Morgan fingerprint density at radius 1 is 0.723 bits per heavy atom. The number of guanidine groups is 2. The van der Waals surface area contributed by atoms with Gasteiger partial charge in [0.05, 0.1) is 12.1 Å². The number of aliphatic imine (C=N–C) groups is 2. The minimum absolute atomic E-state index is 0.0313. The van der Waals surface area contributed by atoms with Gasteiger partial charge in [0.2, 0.25) is 35.4 Å². The molecule has 20 N–H and O–H groups in total. The largest absolute Gasteiger partial charge is 0.508 e. The number of aliphatic carboxylic acids is 1. The number of benzene rings is 1. The van der Waals surface area contributed by atoms with Crippen LogP contribution in [-0.2, 0) is 40.0 Å². The van der Waals surface area contributed by atoms with Crippen LogP contribution in [0.5, 0.6) is 5.75 Å². The van der Waals surface area contributed by atoms with Crippen LogP contribution < -0.4 is 61.0 Å². The maximum absolute atomic E-state index is 14.3. The molecule has 1 aromatic rings. The van der Waals surface area contributed by atoms with Crippen LogP contribution in [0.2, 0.25) is 0 Å². The summed E-state index contributed by atoms with van der Waals surface area (Å²) in [5, 5.41) is 43.3. The minimum atomic E-state index is -1.43. The lowest BCUT2D eigenvalue weighted by atomic mass is 10.0. The van der Waals surface area contributed by atoms with Crippen molar-refractivity contribution in [3.63, 3.8) is 0 Å². The van der Waals surface area contributed by atoms with E-state index in [1.165, 1.54) is 36.1 Å². The van der Waals surface area contributed by atoms with Gasteiger partial charge in [-0.25, -0.2) is 4.79 Å². The lowest BCUT2D eigenvalue weighted by Crippen LogP contribution is -2.61. The molecule has 0 saturated carbocycles. The lowest BCUT2D eigenvalue weighted by Gasteiger charge is -2.32. The van der Waals surface area contributed by atoms with Crippen molar-refractivity contribution in [2.75, 3.05) is 26.2 Å². The molecule has 2 rings (SSSR count). The van der Waals surface area contributed by atoms with Crippen LogP contribution in [0.3, 0.4) is 0 Å². The van der Waals surface area contributed by atoms with Crippen LogP contribution in [-0.4, -0.2) is 148 Å². The van der Waals surface area contributed by atoms with Gasteiger partial charge in [-0.15, -0.1) is 0 Å². The molecule has 65 heavy (non-hydrogen) atoms. The molecule has 24 heteroatoms. The molecule has 0 aromatic heterocycles. The number of hydrogen-bond acceptors (Lipinski definition) is 13. The number of phenolic OH excluding ortho intramolecular Hbond substituents is 1. The summed E-state index contributed by atoms with van der Waals surface area (Å²) in [6.07, 6.45) is 0.246. The zero-order valence-corrected chi connectivity index (χ0v) is 37.4. The van der Waals surface area contributed by atoms with Crippen molar-refractivity contribution in [1.29, 1.82) is 0 Å². The number of hydrogen-bond donors (Lipinski definition) is 14. The normalized spacial score (nSPS) is 16.7. The van der Waals surface area contributed by atoms with Crippen molar-refractivity contribution in [2.24, 2.45) is 50.3 Å². The maximum atomic E-state index is 14.3. The Bertz CT molecular complexity index is 1800. The van der Waals surface area contributed by atoms with Crippen LogP contribution in [0.4, 0.5) is 0 Å². The number of phenols is 1. The fraction of sp³-hybridized carbons (Fsp3) is 0.634. The van der Waals surface area contributed by atoms with Crippen LogP contribution in [0.25, 0.3) is 0 Å². The summed E-state index contributed by atoms with van der Waals surface area (Å²) < 4.78 is 0. The standard InChI is InChI=1S/C41H70N14O10/c1-22(2)31(43)37(62)54-32(23(3)56)38(63)55-20-8-12-30(55)36(61)53-29(21-24-13-15-25(57)16-14-24)35(60)51-27(10-6-18-48-40(44)45)33(58)50-26(9-4-5-17-42)34(59)52-28(39(64)65)11-7-19-49-41(46)47/h13-16,22-23,26-32,56-57H,4-12,17-21,42-43H2,1-3H3,(H,50,58)(H,51,60)(H,52,59)(H,53,61)(H,54,62)(H,64,65)(H4,44,45,48)(H4,46,47,49)/t23-,26+,27+,28+,29+,30+,31+,32+/m1/s1. The molecule has 1 aromatic carbocycles. The van der Waals surface area contributed by atoms with Crippen molar-refractivity contribution in [1.82, 2.24) is 31.5 Å². The van der Waals surface area contributed by atoms with Gasteiger partial charge in [-0.05, 0) is 94.9 Å². The molecule has 8 atom stereocenters. The van der Waals surface area contributed by atoms with Crippen LogP contribution >= 0.6 is 0 Å². The fourth-order valence-electron chi connectivity index (χ4n) is 6.88. The summed E-state index contributed by atoms with van der Waals surface area (Å²) in [6, 6.07) is -3.05. The number of aromatic hydroxyl groups is 1. The molecule has 1 heterocycles. The number of carboxylic acid groups (broad SMARTS) is 1. The van der Waals surface area contributed by atoms with Crippen molar-refractivity contribution in [3.8, 4) is 5.75 Å². The van der Waals surface area contributed by atoms with E-state index >= 15 is 0 Å². The summed E-state index contributed by atoms with van der Waals surface area (Å²) in [5.74, 6) is -6.64. The smallest absolute Gasteiger partial charge is 0.326 e. The van der Waals surface area contributed by atoms with Crippen molar-refractivity contribution in [3.05, 3.63) is 29.8 Å². The fourth-order valence-corrected chi connectivity index (χ4v) is 6.88. The van der Waals surface area contributed by atoms with Gasteiger partial charge in [0, 0.05) is 26.1 Å². The van der Waals surface area contributed by atoms with Crippen LogP contribution in [0, 0.1) is 5.92 Å². The number of carbonyl (C=O) groups is 7. The number of nitrogens with zero attached hydrogens (tertiary/aromatic N) is 3. The number of nitrogens with two attached hydrogens (primary N) is 6. The third-order valence-corrected chi connectivity index (χ3v) is 10.6. The second kappa shape index (κ2) is 27.8. The highest BCUT2D eigenvalue weighted by molar-refractivity contribution is 5.97. The molecule has 1 saturated heterocycles. The number of rotatable bonds is 28. The van der Waals surface area contributed by atoms with Crippen LogP contribution in [0.1, 0.15) is 84.1 Å². The monoisotopic (exact) mass is 919 g/mol. The van der Waals surface area contributed by atoms with E-state index in [1.807, 2.05) is 0 Å². The number of aliphatic hydroxyl groups excluding tert-OH is 1. The van der Waals surface area contributed by atoms with Gasteiger partial charge in [-0.1, -0.05) is 26.0 Å². The highest BCUT2D eigenvalue weighted by Crippen LogP contribution is 2.21. The number of nitrogens with one attached hydrogen (secondary N) is 5. The molecule has 6 amide bonds. The number of likely N-dealkylation sites (tertiary alicyclic amines) is 1. The topological polar surface area (TPSA) is 424 Å². The molecule has 0 spiro atoms. The Balaban J connectivity index is 2.45. The molecular formula is C41H70N14O10. The second-order valence-corrected chi connectivity index (χ2v) is 16.3. The van der Waals surface area contributed by atoms with E-state index in [-0.39, 0.29) is 94.7 Å². The Morgan fingerprint density at radius 2 is 1.23 bits per heavy atom. The lowest BCUT2D eigenvalue weighted by molar-refractivity contribution is -0.144. The third-order valence-electron chi connectivity index (χ3n) is 10.6. The van der Waals surface area contributed by atoms with Crippen molar-refractivity contribution < 1.29 is 48.9 Å². The zero-order valence-electron chi connectivity index (χ0n) is 37.4. The predicted molar refractivity (Wildman–Crippen MR) is 241 cm³/mol. The molecule has 1 fully saturated rings. The van der Waals surface area contributed by atoms with Gasteiger partial charge in [-0.3, -0.25) is 38.8 Å². The first kappa shape index (κ1) is 54.9. The molecule has 1 aliphatic rings. The molecule has 364 valence electrons. The van der Waals surface area contributed by atoms with E-state index in [4.69, 9.17) is 34.4 Å². The number of unbranched alkanes of at least 4 members (excludes halogenated alkanes) is 1. The van der Waals surface area contributed by atoms with E-state index in [2.05, 4.69) is 36.6 Å². The maximum Gasteiger partial charge on any atom is 0.326 e. The van der Waals surface area contributed by atoms with Gasteiger partial charge >= 0.3 is 5.97 Å². The SMILES string of the molecule is CC(C)[C@H](N)C(=O)N[C@H](C(=O)N1CCC[C@H]1C(=O)N[C@@H](Cc1ccc(O)cc1)C(=O)N[C@@H](CCCN=C(N)N)C(=O)N[C@@H](CCCCN)C(=O)N[C@@H](CCCN=C(N)N)C(=O)O)[C@@H](C)O. The Hall–Kier alpha value is -6.27. The summed E-state index contributed by atoms with van der Waals surface area (Å²) in [4.78, 5) is 104.